The third-order valence-electron chi connectivity index (χ3n) is 6.37. The van der Waals surface area contributed by atoms with Crippen LogP contribution in [0.25, 0.3) is 0 Å². The van der Waals surface area contributed by atoms with E-state index < -0.39 is 18.0 Å². The molecule has 0 aliphatic heterocycles. The average Bonchev–Trinajstić information content (AvgIpc) is 3.04. The van der Waals surface area contributed by atoms with Crippen LogP contribution in [-0.4, -0.2) is 39.2 Å². The second-order valence-electron chi connectivity index (χ2n) is 8.69. The summed E-state index contributed by atoms with van der Waals surface area (Å²) in [6.07, 6.45) is -3.23. The number of hydrogen-bond donors (Lipinski definition) is 0. The number of amides is 1. The van der Waals surface area contributed by atoms with Crippen LogP contribution in [0.5, 0.6) is 5.75 Å². The van der Waals surface area contributed by atoms with Crippen molar-refractivity contribution in [3.63, 3.8) is 0 Å². The van der Waals surface area contributed by atoms with Crippen molar-refractivity contribution in [3.05, 3.63) is 41.1 Å². The van der Waals surface area contributed by atoms with Crippen LogP contribution in [0.4, 0.5) is 13.2 Å². The normalized spacial score (nSPS) is 31.3. The Morgan fingerprint density at radius 2 is 1.84 bits per heavy atom. The highest BCUT2D eigenvalue weighted by Gasteiger charge is 2.75. The molecule has 0 spiro atoms. The fourth-order valence-electron chi connectivity index (χ4n) is 4.94. The fraction of sp³-hybridized carbons (Fsp3) is 0.550. The maximum absolute atomic E-state index is 12.3. The van der Waals surface area contributed by atoms with Crippen molar-refractivity contribution in [2.24, 2.45) is 0 Å². The molecule has 7 nitrogen and oxygen atoms in total. The van der Waals surface area contributed by atoms with Gasteiger partial charge in [-0.15, -0.1) is 23.4 Å². The Bertz CT molecular complexity index is 984. The van der Waals surface area contributed by atoms with Gasteiger partial charge in [0.1, 0.15) is 0 Å². The predicted molar refractivity (Wildman–Crippen MR) is 100 cm³/mol. The van der Waals surface area contributed by atoms with Crippen molar-refractivity contribution in [1.82, 2.24) is 15.3 Å². The van der Waals surface area contributed by atoms with E-state index in [2.05, 4.69) is 14.9 Å². The van der Waals surface area contributed by atoms with Crippen molar-refractivity contribution in [1.29, 1.82) is 0 Å². The first-order valence-electron chi connectivity index (χ1n) is 9.90. The molecule has 2 aromatic rings. The van der Waals surface area contributed by atoms with Crippen LogP contribution in [0.3, 0.4) is 0 Å². The Morgan fingerprint density at radius 3 is 2.42 bits per heavy atom. The zero-order chi connectivity index (χ0) is 22.0. The summed E-state index contributed by atoms with van der Waals surface area (Å²) in [6.45, 7) is 1.45. The van der Waals surface area contributed by atoms with Gasteiger partial charge >= 0.3 is 6.36 Å². The van der Waals surface area contributed by atoms with Crippen LogP contribution >= 0.6 is 11.6 Å². The minimum Gasteiger partial charge on any atom is -0.424 e. The summed E-state index contributed by atoms with van der Waals surface area (Å²) in [6, 6.07) is 6.75. The molecule has 1 aromatic carbocycles. The molecule has 0 radical (unpaired) electrons. The summed E-state index contributed by atoms with van der Waals surface area (Å²) in [5, 5.41) is 10.2. The van der Waals surface area contributed by atoms with E-state index in [1.165, 1.54) is 12.0 Å². The van der Waals surface area contributed by atoms with Gasteiger partial charge in [-0.05, 0) is 56.4 Å². The summed E-state index contributed by atoms with van der Waals surface area (Å²) < 4.78 is 46.6. The molecule has 31 heavy (non-hydrogen) atoms. The Labute approximate surface area is 180 Å². The molecule has 0 atom stereocenters. The third-order valence-corrected chi connectivity index (χ3v) is 6.62. The molecule has 1 aromatic heterocycles. The summed E-state index contributed by atoms with van der Waals surface area (Å²) in [5.74, 6) is 0.895. The van der Waals surface area contributed by atoms with Gasteiger partial charge in [-0.3, -0.25) is 9.53 Å². The van der Waals surface area contributed by atoms with E-state index in [0.717, 1.165) is 0 Å². The average molecular weight is 458 g/mol. The van der Waals surface area contributed by atoms with E-state index in [4.69, 9.17) is 20.9 Å². The number of aromatic nitrogens is 2. The van der Waals surface area contributed by atoms with Crippen molar-refractivity contribution in [2.45, 2.75) is 68.4 Å². The zero-order valence-electron chi connectivity index (χ0n) is 16.5. The van der Waals surface area contributed by atoms with E-state index in [1.54, 1.807) is 24.3 Å². The van der Waals surface area contributed by atoms with E-state index in [-0.39, 0.29) is 30.1 Å². The molecule has 2 bridgehead atoms. The third kappa shape index (κ3) is 3.55. The predicted octanol–water partition coefficient (Wildman–Crippen LogP) is 4.52. The highest BCUT2D eigenvalue weighted by atomic mass is 35.5. The lowest BCUT2D eigenvalue weighted by atomic mass is 9.39. The largest absolute Gasteiger partial charge is 0.522 e. The quantitative estimate of drug-likeness (QED) is 0.593. The molecule has 1 heterocycles. The molecule has 1 amide bonds. The first kappa shape index (κ1) is 20.6. The van der Waals surface area contributed by atoms with Crippen LogP contribution in [0.15, 0.2) is 28.7 Å². The molecule has 11 heteroatoms. The van der Waals surface area contributed by atoms with E-state index >= 15 is 0 Å². The van der Waals surface area contributed by atoms with Crippen LogP contribution in [0, 0.1) is 0 Å². The van der Waals surface area contributed by atoms with Gasteiger partial charge in [0.2, 0.25) is 11.8 Å². The minimum atomic E-state index is -4.63. The Kier molecular flexibility index (Phi) is 4.53. The lowest BCUT2D eigenvalue weighted by Crippen LogP contribution is -2.78. The Morgan fingerprint density at radius 1 is 1.19 bits per heavy atom. The maximum atomic E-state index is 12.3. The van der Waals surface area contributed by atoms with Gasteiger partial charge in [0.15, 0.2) is 5.75 Å². The number of halogens is 4. The second-order valence-corrected chi connectivity index (χ2v) is 9.13. The van der Waals surface area contributed by atoms with E-state index in [1.807, 2.05) is 0 Å². The highest BCUT2D eigenvalue weighted by molar-refractivity contribution is 6.30. The maximum Gasteiger partial charge on any atom is 0.522 e. The van der Waals surface area contributed by atoms with Crippen LogP contribution < -0.4 is 4.84 Å². The van der Waals surface area contributed by atoms with Crippen LogP contribution in [0.2, 0.25) is 5.02 Å². The summed E-state index contributed by atoms with van der Waals surface area (Å²) >= 11 is 5.89. The number of nitrogens with zero attached hydrogens (tertiary/aromatic N) is 3. The number of rotatable bonds is 6. The first-order valence-corrected chi connectivity index (χ1v) is 10.3. The monoisotopic (exact) mass is 457 g/mol. The molecule has 4 fully saturated rings. The standard InChI is InChI=1S/C20H19ClF3N3O4/c1-11(28)27(31-14-4-2-13(21)3-5-14)19-8-18(9-19,10-19)17-26-25-16(29-17)12-6-15(7-12)30-20(22,23)24/h2-5,12,15H,6-10H2,1H3. The Balaban J connectivity index is 1.21. The van der Waals surface area contributed by atoms with Gasteiger partial charge in [0, 0.05) is 17.9 Å². The molecular weight excluding hydrogens is 439 g/mol. The molecule has 6 rings (SSSR count). The zero-order valence-corrected chi connectivity index (χ0v) is 17.2. The molecule has 0 N–H and O–H groups in total. The van der Waals surface area contributed by atoms with Gasteiger partial charge in [0.05, 0.1) is 17.1 Å². The van der Waals surface area contributed by atoms with Crippen LogP contribution in [-0.2, 0) is 14.9 Å². The molecule has 0 saturated heterocycles. The van der Waals surface area contributed by atoms with Gasteiger partial charge in [0.25, 0.3) is 5.91 Å². The topological polar surface area (TPSA) is 77.7 Å². The van der Waals surface area contributed by atoms with Crippen molar-refractivity contribution in [2.75, 3.05) is 0 Å². The molecular formula is C20H19ClF3N3O4. The molecule has 4 aliphatic carbocycles. The van der Waals surface area contributed by atoms with Gasteiger partial charge in [-0.25, -0.2) is 0 Å². The van der Waals surface area contributed by atoms with Gasteiger partial charge in [-0.2, -0.15) is 5.06 Å². The molecule has 4 saturated carbocycles. The highest BCUT2D eigenvalue weighted by Crippen LogP contribution is 2.70. The first-order chi connectivity index (χ1) is 14.6. The number of benzene rings is 1. The van der Waals surface area contributed by atoms with Crippen molar-refractivity contribution < 1.29 is 32.0 Å². The smallest absolute Gasteiger partial charge is 0.424 e. The number of ether oxygens (including phenoxy) is 1. The second kappa shape index (κ2) is 6.83. The summed E-state index contributed by atoms with van der Waals surface area (Å²) in [4.78, 5) is 18.1. The van der Waals surface area contributed by atoms with Gasteiger partial charge < -0.3 is 9.25 Å². The number of carbonyl (C=O) groups excluding carboxylic acids is 1. The number of hydroxylamine groups is 2. The summed E-state index contributed by atoms with van der Waals surface area (Å²) in [5.41, 5.74) is -0.740. The van der Waals surface area contributed by atoms with Gasteiger partial charge in [-0.1, -0.05) is 11.6 Å². The minimum absolute atomic E-state index is 0.200. The fourth-order valence-corrected chi connectivity index (χ4v) is 5.06. The molecule has 166 valence electrons. The summed E-state index contributed by atoms with van der Waals surface area (Å²) in [7, 11) is 0. The Hall–Kier alpha value is -2.33. The molecule has 0 unspecified atom stereocenters. The number of alkyl halides is 3. The lowest BCUT2D eigenvalue weighted by molar-refractivity contribution is -0.352. The number of carbonyl (C=O) groups is 1. The molecule has 4 aliphatic rings. The van der Waals surface area contributed by atoms with Crippen LogP contribution in [0.1, 0.15) is 56.7 Å². The van der Waals surface area contributed by atoms with E-state index in [0.29, 0.717) is 41.8 Å². The van der Waals surface area contributed by atoms with E-state index in [9.17, 15) is 18.0 Å². The van der Waals surface area contributed by atoms with Crippen molar-refractivity contribution in [3.8, 4) is 5.75 Å². The number of hydrogen-bond acceptors (Lipinski definition) is 6. The van der Waals surface area contributed by atoms with Crippen molar-refractivity contribution >= 4 is 17.5 Å². The lowest BCUT2D eigenvalue weighted by Gasteiger charge is -2.70. The SMILES string of the molecule is CC(=O)N(Oc1ccc(Cl)cc1)C12CC(c3nnc(C4CC(OC(F)(F)F)C4)o3)(C1)C2.